The van der Waals surface area contributed by atoms with Gasteiger partial charge >= 0.3 is 0 Å². The fraction of sp³-hybridized carbons (Fsp3) is 0.875. The molecule has 1 aliphatic rings. The van der Waals surface area contributed by atoms with E-state index in [1.165, 1.54) is 12.2 Å². The molecule has 23 heavy (non-hydrogen) atoms. The first-order chi connectivity index (χ1) is 10.3. The average molecular weight is 345 g/mol. The van der Waals surface area contributed by atoms with E-state index in [1.54, 1.807) is 7.05 Å². The maximum Gasteiger partial charge on any atom is 0.250 e. The molecular formula is C16H32N2O4Si. The van der Waals surface area contributed by atoms with Crippen LogP contribution in [0.3, 0.4) is 0 Å². The zero-order valence-corrected chi connectivity index (χ0v) is 16.9. The van der Waals surface area contributed by atoms with Crippen LogP contribution in [0.25, 0.3) is 0 Å². The van der Waals surface area contributed by atoms with Crippen molar-refractivity contribution < 1.29 is 18.9 Å². The van der Waals surface area contributed by atoms with Crippen molar-refractivity contribution in [3.63, 3.8) is 0 Å². The number of amides is 2. The highest BCUT2D eigenvalue weighted by Gasteiger charge is 2.50. The molecule has 1 N–H and O–H groups in total. The van der Waals surface area contributed by atoms with Gasteiger partial charge in [-0.2, -0.15) is 0 Å². The monoisotopic (exact) mass is 344 g/mol. The number of nitrogens with zero attached hydrogens (tertiary/aromatic N) is 1. The minimum absolute atomic E-state index is 0.0408. The zero-order valence-electron chi connectivity index (χ0n) is 15.9. The second-order valence-electron chi connectivity index (χ2n) is 7.95. The van der Waals surface area contributed by atoms with Gasteiger partial charge in [-0.15, -0.1) is 0 Å². The lowest BCUT2D eigenvalue weighted by Crippen LogP contribution is -2.67. The van der Waals surface area contributed by atoms with Gasteiger partial charge in [0.15, 0.2) is 8.32 Å². The first kappa shape index (κ1) is 20.1. The van der Waals surface area contributed by atoms with Crippen LogP contribution in [0.5, 0.6) is 0 Å². The predicted molar refractivity (Wildman–Crippen MR) is 92.1 cm³/mol. The summed E-state index contributed by atoms with van der Waals surface area (Å²) in [6.45, 7) is 14.6. The quantitative estimate of drug-likeness (QED) is 0.455. The Morgan fingerprint density at radius 3 is 2.22 bits per heavy atom. The van der Waals surface area contributed by atoms with Crippen LogP contribution in [0.4, 0.5) is 0 Å². The molecule has 1 saturated heterocycles. The van der Waals surface area contributed by atoms with Gasteiger partial charge in [-0.25, -0.2) is 5.06 Å². The molecule has 0 saturated carbocycles. The molecule has 2 amide bonds. The van der Waals surface area contributed by atoms with Crippen molar-refractivity contribution in [1.29, 1.82) is 0 Å². The Balaban J connectivity index is 2.82. The number of hydrogen-bond donors (Lipinski definition) is 1. The smallest absolute Gasteiger partial charge is 0.250 e. The number of nitrogens with one attached hydrogen (secondary N) is 1. The summed E-state index contributed by atoms with van der Waals surface area (Å²) >= 11 is 0. The van der Waals surface area contributed by atoms with E-state index in [1.807, 2.05) is 13.8 Å². The van der Waals surface area contributed by atoms with E-state index in [-0.39, 0.29) is 40.8 Å². The third-order valence-corrected chi connectivity index (χ3v) is 9.88. The van der Waals surface area contributed by atoms with Gasteiger partial charge < -0.3 is 9.74 Å². The van der Waals surface area contributed by atoms with E-state index in [0.717, 1.165) is 0 Å². The van der Waals surface area contributed by atoms with Gasteiger partial charge in [0.25, 0.3) is 5.91 Å². The standard InChI is InChI=1S/C16H32N2O4Si/c1-10(15(20)18(6)21-7)13-12(14(19)17-13)11(2)22-23(8,9)16(3,4)5/h10-13H,1-9H3,(H,17,19). The highest BCUT2D eigenvalue weighted by Crippen LogP contribution is 2.39. The number of hydroxylamine groups is 2. The molecule has 4 unspecified atom stereocenters. The fourth-order valence-corrected chi connectivity index (χ4v) is 4.03. The molecule has 0 spiro atoms. The van der Waals surface area contributed by atoms with E-state index in [4.69, 9.17) is 9.26 Å². The molecule has 1 heterocycles. The largest absolute Gasteiger partial charge is 0.413 e. The number of carbonyl (C=O) groups is 2. The van der Waals surface area contributed by atoms with E-state index in [2.05, 4.69) is 39.2 Å². The lowest BCUT2D eigenvalue weighted by atomic mass is 9.78. The van der Waals surface area contributed by atoms with Crippen molar-refractivity contribution in [2.24, 2.45) is 11.8 Å². The first-order valence-corrected chi connectivity index (χ1v) is 11.0. The molecule has 0 aliphatic carbocycles. The molecular weight excluding hydrogens is 312 g/mol. The second-order valence-corrected chi connectivity index (χ2v) is 12.7. The molecule has 0 bridgehead atoms. The summed E-state index contributed by atoms with van der Waals surface area (Å²) in [5.74, 6) is -0.843. The molecule has 7 heteroatoms. The van der Waals surface area contributed by atoms with Crippen molar-refractivity contribution >= 4 is 20.1 Å². The van der Waals surface area contributed by atoms with Gasteiger partial charge in [0.05, 0.1) is 31.1 Å². The van der Waals surface area contributed by atoms with Crippen LogP contribution < -0.4 is 5.32 Å². The van der Waals surface area contributed by atoms with Gasteiger partial charge in [-0.1, -0.05) is 27.7 Å². The third-order valence-electron chi connectivity index (χ3n) is 5.30. The van der Waals surface area contributed by atoms with Crippen LogP contribution in [0.15, 0.2) is 0 Å². The topological polar surface area (TPSA) is 67.9 Å². The van der Waals surface area contributed by atoms with Crippen LogP contribution in [-0.4, -0.2) is 51.5 Å². The van der Waals surface area contributed by atoms with Gasteiger partial charge in [-0.3, -0.25) is 14.4 Å². The van der Waals surface area contributed by atoms with E-state index >= 15 is 0 Å². The molecule has 0 aromatic rings. The molecule has 0 aromatic carbocycles. The van der Waals surface area contributed by atoms with Crippen molar-refractivity contribution in [3.8, 4) is 0 Å². The Bertz CT molecular complexity index is 461. The van der Waals surface area contributed by atoms with Crippen molar-refractivity contribution in [2.75, 3.05) is 14.2 Å². The average Bonchev–Trinajstić information content (AvgIpc) is 2.39. The molecule has 0 aromatic heterocycles. The molecule has 134 valence electrons. The first-order valence-electron chi connectivity index (χ1n) is 8.13. The lowest BCUT2D eigenvalue weighted by Gasteiger charge is -2.47. The summed E-state index contributed by atoms with van der Waals surface area (Å²) < 4.78 is 6.35. The zero-order chi connectivity index (χ0) is 18.2. The van der Waals surface area contributed by atoms with Gasteiger partial charge in [-0.05, 0) is 25.1 Å². The fourth-order valence-electron chi connectivity index (χ4n) is 2.60. The maximum atomic E-state index is 12.2. The minimum atomic E-state index is -1.96. The summed E-state index contributed by atoms with van der Waals surface area (Å²) in [4.78, 5) is 29.2. The van der Waals surface area contributed by atoms with Crippen LogP contribution in [-0.2, 0) is 18.9 Å². The highest BCUT2D eigenvalue weighted by atomic mass is 28.4. The predicted octanol–water partition coefficient (Wildman–Crippen LogP) is 2.17. The number of carbonyl (C=O) groups excluding carboxylic acids is 2. The number of β-lactam (4-membered cyclic amide) rings is 1. The molecule has 0 radical (unpaired) electrons. The Morgan fingerprint density at radius 1 is 1.30 bits per heavy atom. The Hall–Kier alpha value is -0.923. The normalized spacial score (nSPS) is 24.5. The SMILES string of the molecule is CON(C)C(=O)C(C)C1NC(=O)C1C(C)O[Si](C)(C)C(C)(C)C. The summed E-state index contributed by atoms with van der Waals surface area (Å²) in [5, 5.41) is 4.13. The minimum Gasteiger partial charge on any atom is -0.413 e. The summed E-state index contributed by atoms with van der Waals surface area (Å²) in [7, 11) is 1.06. The van der Waals surface area contributed by atoms with E-state index in [9.17, 15) is 9.59 Å². The summed E-state index contributed by atoms with van der Waals surface area (Å²) in [5.41, 5.74) is 0. The van der Waals surface area contributed by atoms with Crippen LogP contribution in [0, 0.1) is 11.8 Å². The summed E-state index contributed by atoms with van der Waals surface area (Å²) in [6, 6.07) is -0.215. The molecule has 1 fully saturated rings. The second kappa shape index (κ2) is 6.90. The molecule has 6 nitrogen and oxygen atoms in total. The van der Waals surface area contributed by atoms with Crippen LogP contribution in [0.1, 0.15) is 34.6 Å². The highest BCUT2D eigenvalue weighted by molar-refractivity contribution is 6.74. The Labute approximate surface area is 141 Å². The van der Waals surface area contributed by atoms with Crippen molar-refractivity contribution in [3.05, 3.63) is 0 Å². The van der Waals surface area contributed by atoms with Gasteiger partial charge in [0.2, 0.25) is 5.91 Å². The molecule has 1 aliphatic heterocycles. The summed E-state index contributed by atoms with van der Waals surface area (Å²) in [6.07, 6.45) is -0.210. The maximum absolute atomic E-state index is 12.2. The molecule has 4 atom stereocenters. The van der Waals surface area contributed by atoms with E-state index in [0.29, 0.717) is 0 Å². The van der Waals surface area contributed by atoms with Crippen LogP contribution in [0.2, 0.25) is 18.1 Å². The number of rotatable bonds is 6. The van der Waals surface area contributed by atoms with E-state index < -0.39 is 8.32 Å². The van der Waals surface area contributed by atoms with Crippen molar-refractivity contribution in [1.82, 2.24) is 10.4 Å². The van der Waals surface area contributed by atoms with Gasteiger partial charge in [0.1, 0.15) is 0 Å². The van der Waals surface area contributed by atoms with Gasteiger partial charge in [0, 0.05) is 7.05 Å². The number of hydrogen-bond acceptors (Lipinski definition) is 4. The molecule has 1 rings (SSSR count). The third kappa shape index (κ3) is 4.13. The van der Waals surface area contributed by atoms with Crippen LogP contribution >= 0.6 is 0 Å². The lowest BCUT2D eigenvalue weighted by molar-refractivity contribution is -0.176. The Morgan fingerprint density at radius 2 is 1.83 bits per heavy atom. The Kier molecular flexibility index (Phi) is 6.04. The van der Waals surface area contributed by atoms with Crippen molar-refractivity contribution in [2.45, 2.75) is 64.9 Å².